The number of fused-ring (bicyclic) bond motifs is 2. The molecule has 0 bridgehead atoms. The van der Waals surface area contributed by atoms with E-state index in [1.165, 1.54) is 32.3 Å². The van der Waals surface area contributed by atoms with Crippen LogP contribution in [0.4, 0.5) is 11.4 Å². The Balaban J connectivity index is 1.84. The number of para-hydroxylation sites is 1. The van der Waals surface area contributed by atoms with Gasteiger partial charge in [0.15, 0.2) is 0 Å². The molecule has 1 aliphatic rings. The van der Waals surface area contributed by atoms with Gasteiger partial charge in [-0.25, -0.2) is 0 Å². The molecular formula is C22H19NS. The van der Waals surface area contributed by atoms with E-state index < -0.39 is 0 Å². The molecule has 0 N–H and O–H groups in total. The van der Waals surface area contributed by atoms with Gasteiger partial charge >= 0.3 is 0 Å². The third-order valence-electron chi connectivity index (χ3n) is 4.30. The molecule has 0 atom stereocenters. The van der Waals surface area contributed by atoms with Gasteiger partial charge in [-0.3, -0.25) is 0 Å². The molecule has 0 fully saturated rings. The van der Waals surface area contributed by atoms with Gasteiger partial charge in [0.05, 0.1) is 11.4 Å². The Bertz CT molecular complexity index is 899. The Kier molecular flexibility index (Phi) is 3.91. The summed E-state index contributed by atoms with van der Waals surface area (Å²) in [5.74, 6) is 0. The zero-order chi connectivity index (χ0) is 16.5. The Morgan fingerprint density at radius 1 is 0.875 bits per heavy atom. The van der Waals surface area contributed by atoms with Crippen molar-refractivity contribution >= 4 is 28.7 Å². The van der Waals surface area contributed by atoms with Crippen molar-refractivity contribution in [3.8, 4) is 0 Å². The largest absolute Gasteiger partial charge is 0.335 e. The molecular weight excluding hydrogens is 310 g/mol. The van der Waals surface area contributed by atoms with Crippen LogP contribution in [0.3, 0.4) is 0 Å². The lowest BCUT2D eigenvalue weighted by Crippen LogP contribution is -2.20. The second kappa shape index (κ2) is 6.21. The highest BCUT2D eigenvalue weighted by molar-refractivity contribution is 7.99. The van der Waals surface area contributed by atoms with Gasteiger partial charge in [0.1, 0.15) is 0 Å². The molecule has 0 amide bonds. The van der Waals surface area contributed by atoms with Crippen LogP contribution < -0.4 is 4.90 Å². The highest BCUT2D eigenvalue weighted by Crippen LogP contribution is 2.49. The van der Waals surface area contributed by atoms with Crippen LogP contribution >= 0.6 is 11.8 Å². The molecule has 0 saturated carbocycles. The zero-order valence-electron chi connectivity index (χ0n) is 13.7. The Morgan fingerprint density at radius 2 is 1.58 bits per heavy atom. The van der Waals surface area contributed by atoms with Crippen LogP contribution in [0.5, 0.6) is 0 Å². The van der Waals surface area contributed by atoms with Crippen molar-refractivity contribution < 1.29 is 0 Å². The first-order chi connectivity index (χ1) is 11.7. The lowest BCUT2D eigenvalue weighted by atomic mass is 10.1. The molecule has 118 valence electrons. The van der Waals surface area contributed by atoms with Crippen molar-refractivity contribution in [2.45, 2.75) is 23.3 Å². The number of hydrogen-bond acceptors (Lipinski definition) is 2. The first-order valence-corrected chi connectivity index (χ1v) is 8.92. The van der Waals surface area contributed by atoms with Gasteiger partial charge in [-0.1, -0.05) is 72.4 Å². The first kappa shape index (κ1) is 15.1. The van der Waals surface area contributed by atoms with E-state index in [0.29, 0.717) is 0 Å². The number of benzene rings is 3. The maximum atomic E-state index is 4.10. The van der Waals surface area contributed by atoms with Crippen LogP contribution in [-0.4, -0.2) is 0 Å². The number of rotatable bonds is 3. The lowest BCUT2D eigenvalue weighted by Gasteiger charge is -2.33. The summed E-state index contributed by atoms with van der Waals surface area (Å²) in [6.45, 7) is 7.03. The normalized spacial score (nSPS) is 12.5. The molecule has 3 aromatic rings. The Morgan fingerprint density at radius 3 is 2.38 bits per heavy atom. The van der Waals surface area contributed by atoms with Gasteiger partial charge in [0.2, 0.25) is 0 Å². The summed E-state index contributed by atoms with van der Waals surface area (Å²) in [6, 6.07) is 25.9. The number of hydrogen-bond donors (Lipinski definition) is 0. The molecule has 4 rings (SSSR count). The SMILES string of the molecule is C=C(C)c1ccc2c(c1)N(Cc1ccccc1)c1ccccc1S2. The molecule has 2 heteroatoms. The standard InChI is InChI=1S/C22H19NS/c1-16(2)18-12-13-22-20(14-18)23(15-17-8-4-3-5-9-17)19-10-6-7-11-21(19)24-22/h3-14H,1,15H2,2H3. The summed E-state index contributed by atoms with van der Waals surface area (Å²) in [7, 11) is 0. The second-order valence-electron chi connectivity index (χ2n) is 6.10. The maximum Gasteiger partial charge on any atom is 0.0562 e. The molecule has 1 heterocycles. The number of allylic oxidation sites excluding steroid dienone is 1. The van der Waals surface area contributed by atoms with Crippen LogP contribution in [-0.2, 0) is 6.54 Å². The van der Waals surface area contributed by atoms with Crippen molar-refractivity contribution in [3.05, 3.63) is 90.5 Å². The van der Waals surface area contributed by atoms with E-state index >= 15 is 0 Å². The van der Waals surface area contributed by atoms with Gasteiger partial charge < -0.3 is 4.90 Å². The summed E-state index contributed by atoms with van der Waals surface area (Å²) in [6.07, 6.45) is 0. The quantitative estimate of drug-likeness (QED) is 0.538. The van der Waals surface area contributed by atoms with Crippen LogP contribution in [0.2, 0.25) is 0 Å². The van der Waals surface area contributed by atoms with E-state index in [4.69, 9.17) is 0 Å². The topological polar surface area (TPSA) is 3.24 Å². The summed E-state index contributed by atoms with van der Waals surface area (Å²) in [5, 5.41) is 0. The molecule has 0 aromatic heterocycles. The van der Waals surface area contributed by atoms with E-state index in [9.17, 15) is 0 Å². The smallest absolute Gasteiger partial charge is 0.0562 e. The average Bonchev–Trinajstić information content (AvgIpc) is 2.62. The van der Waals surface area contributed by atoms with Crippen LogP contribution in [0.1, 0.15) is 18.1 Å². The van der Waals surface area contributed by atoms with Crippen LogP contribution in [0.25, 0.3) is 5.57 Å². The van der Waals surface area contributed by atoms with Crippen molar-refractivity contribution in [1.29, 1.82) is 0 Å². The molecule has 1 nitrogen and oxygen atoms in total. The predicted octanol–water partition coefficient (Wildman–Crippen LogP) is 6.52. The number of anilines is 2. The van der Waals surface area contributed by atoms with E-state index in [0.717, 1.165) is 12.1 Å². The van der Waals surface area contributed by atoms with Crippen LogP contribution in [0.15, 0.2) is 89.2 Å². The number of nitrogens with zero attached hydrogens (tertiary/aromatic N) is 1. The summed E-state index contributed by atoms with van der Waals surface area (Å²) in [4.78, 5) is 5.03. The molecule has 3 aromatic carbocycles. The van der Waals surface area contributed by atoms with Crippen molar-refractivity contribution in [2.75, 3.05) is 4.90 Å². The summed E-state index contributed by atoms with van der Waals surface area (Å²) < 4.78 is 0. The van der Waals surface area contributed by atoms with Crippen molar-refractivity contribution in [3.63, 3.8) is 0 Å². The van der Waals surface area contributed by atoms with Crippen molar-refractivity contribution in [2.24, 2.45) is 0 Å². The Hall–Kier alpha value is -2.45. The summed E-state index contributed by atoms with van der Waals surface area (Å²) >= 11 is 1.85. The van der Waals surface area contributed by atoms with E-state index in [-0.39, 0.29) is 0 Å². The van der Waals surface area contributed by atoms with Gasteiger partial charge in [0.25, 0.3) is 0 Å². The average molecular weight is 329 g/mol. The van der Waals surface area contributed by atoms with E-state index in [2.05, 4.69) is 91.2 Å². The van der Waals surface area contributed by atoms with E-state index in [1.807, 2.05) is 11.8 Å². The molecule has 24 heavy (non-hydrogen) atoms. The maximum absolute atomic E-state index is 4.10. The molecule has 0 spiro atoms. The lowest BCUT2D eigenvalue weighted by molar-refractivity contribution is 0.937. The fraction of sp³-hybridized carbons (Fsp3) is 0.0909. The van der Waals surface area contributed by atoms with Gasteiger partial charge in [-0.15, -0.1) is 0 Å². The molecule has 0 saturated heterocycles. The third kappa shape index (κ3) is 2.74. The minimum atomic E-state index is 0.866. The fourth-order valence-corrected chi connectivity index (χ4v) is 4.11. The van der Waals surface area contributed by atoms with Gasteiger partial charge in [-0.2, -0.15) is 0 Å². The highest BCUT2D eigenvalue weighted by Gasteiger charge is 2.23. The first-order valence-electron chi connectivity index (χ1n) is 8.10. The van der Waals surface area contributed by atoms with Crippen molar-refractivity contribution in [1.82, 2.24) is 0 Å². The third-order valence-corrected chi connectivity index (χ3v) is 5.43. The molecule has 0 radical (unpaired) electrons. The van der Waals surface area contributed by atoms with Crippen LogP contribution in [0, 0.1) is 0 Å². The zero-order valence-corrected chi connectivity index (χ0v) is 14.5. The molecule has 0 unspecified atom stereocenters. The monoisotopic (exact) mass is 329 g/mol. The van der Waals surface area contributed by atoms with Gasteiger partial charge in [0, 0.05) is 16.3 Å². The highest BCUT2D eigenvalue weighted by atomic mass is 32.2. The second-order valence-corrected chi connectivity index (χ2v) is 7.19. The predicted molar refractivity (Wildman–Crippen MR) is 104 cm³/mol. The van der Waals surface area contributed by atoms with Gasteiger partial charge in [-0.05, 0) is 42.3 Å². The fourth-order valence-electron chi connectivity index (χ4n) is 3.03. The molecule has 0 aliphatic carbocycles. The minimum absolute atomic E-state index is 0.866. The van der Waals surface area contributed by atoms with E-state index in [1.54, 1.807) is 0 Å². The minimum Gasteiger partial charge on any atom is -0.335 e. The Labute approximate surface area is 147 Å². The molecule has 1 aliphatic heterocycles. The summed E-state index contributed by atoms with van der Waals surface area (Å²) in [5.41, 5.74) is 6.15.